The zero-order valence-corrected chi connectivity index (χ0v) is 34.1. The van der Waals surface area contributed by atoms with E-state index in [9.17, 15) is 36.4 Å². The molecule has 3 fully saturated rings. The van der Waals surface area contributed by atoms with Gasteiger partial charge in [-0.3, -0.25) is 23.9 Å². The van der Waals surface area contributed by atoms with Crippen LogP contribution >= 0.6 is 0 Å². The third kappa shape index (κ3) is 8.99. The summed E-state index contributed by atoms with van der Waals surface area (Å²) in [6.45, 7) is 2.45. The van der Waals surface area contributed by atoms with Gasteiger partial charge in [-0.05, 0) is 77.5 Å². The van der Waals surface area contributed by atoms with Crippen molar-refractivity contribution in [3.05, 3.63) is 53.9 Å². The van der Waals surface area contributed by atoms with Gasteiger partial charge in [-0.2, -0.15) is 13.9 Å². The highest BCUT2D eigenvalue weighted by Gasteiger charge is 2.62. The van der Waals surface area contributed by atoms with E-state index in [1.54, 1.807) is 25.3 Å². The number of aromatic nitrogens is 3. The van der Waals surface area contributed by atoms with Crippen LogP contribution in [0.5, 0.6) is 17.4 Å². The highest BCUT2D eigenvalue weighted by Crippen LogP contribution is 2.46. The third-order valence-electron chi connectivity index (χ3n) is 11.2. The van der Waals surface area contributed by atoms with Crippen LogP contribution in [-0.2, 0) is 24.4 Å². The average molecular weight is 842 g/mol. The topological polar surface area (TPSA) is 200 Å². The molecule has 7 rings (SSSR count). The van der Waals surface area contributed by atoms with Crippen molar-refractivity contribution in [2.45, 2.75) is 120 Å². The van der Waals surface area contributed by atoms with Crippen molar-refractivity contribution < 1.29 is 50.6 Å². The quantitative estimate of drug-likeness (QED) is 0.235. The maximum atomic E-state index is 14.7. The lowest BCUT2D eigenvalue weighted by Gasteiger charge is -2.29. The largest absolute Gasteiger partial charge is 0.496 e. The molecule has 1 aromatic carbocycles. The van der Waals surface area contributed by atoms with Gasteiger partial charge in [0.15, 0.2) is 0 Å². The Balaban J connectivity index is 1.23. The van der Waals surface area contributed by atoms with Crippen molar-refractivity contribution in [2.24, 2.45) is 5.92 Å². The van der Waals surface area contributed by atoms with Crippen LogP contribution in [0.3, 0.4) is 0 Å². The Labute approximate surface area is 340 Å². The molecule has 3 N–H and O–H groups in total. The average Bonchev–Trinajstić information content (AvgIpc) is 4.06. The summed E-state index contributed by atoms with van der Waals surface area (Å²) < 4.78 is 73.1. The molecule has 2 aliphatic carbocycles. The van der Waals surface area contributed by atoms with Gasteiger partial charge in [-0.15, -0.1) is 0 Å². The molecule has 59 heavy (non-hydrogen) atoms. The van der Waals surface area contributed by atoms with Crippen molar-refractivity contribution in [1.82, 2.24) is 35.0 Å². The maximum absolute atomic E-state index is 14.7. The molecule has 16 nitrogen and oxygen atoms in total. The van der Waals surface area contributed by atoms with Crippen LogP contribution in [0.4, 0.5) is 8.78 Å². The van der Waals surface area contributed by atoms with E-state index < -0.39 is 75.1 Å². The van der Waals surface area contributed by atoms with E-state index in [4.69, 9.17) is 19.2 Å². The van der Waals surface area contributed by atoms with Crippen molar-refractivity contribution in [3.63, 3.8) is 0 Å². The number of hydrogen-bond donors (Lipinski definition) is 3. The Kier molecular flexibility index (Phi) is 11.9. The number of pyridine rings is 1. The number of methoxy groups -OCH3 is 1. The monoisotopic (exact) mass is 841 g/mol. The van der Waals surface area contributed by atoms with E-state index in [-0.39, 0.29) is 43.5 Å². The van der Waals surface area contributed by atoms with E-state index in [0.29, 0.717) is 65.6 Å². The van der Waals surface area contributed by atoms with E-state index in [1.165, 1.54) is 4.90 Å². The number of amides is 4. The number of halogens is 2. The fourth-order valence-electron chi connectivity index (χ4n) is 7.80. The molecule has 4 heterocycles. The summed E-state index contributed by atoms with van der Waals surface area (Å²) in [5.74, 6) is -2.29. The molecule has 4 aliphatic rings. The van der Waals surface area contributed by atoms with Crippen LogP contribution in [0.15, 0.2) is 42.6 Å². The minimum absolute atomic E-state index is 0.0467. The molecule has 2 aromatic heterocycles. The number of benzene rings is 1. The Hall–Kier alpha value is -5.33. The van der Waals surface area contributed by atoms with Crippen molar-refractivity contribution in [2.75, 3.05) is 13.7 Å². The molecule has 0 radical (unpaired) electrons. The molecule has 19 heteroatoms. The van der Waals surface area contributed by atoms with E-state index in [0.717, 1.165) is 17.8 Å². The molecule has 318 valence electrons. The minimum atomic E-state index is -3.95. The lowest BCUT2D eigenvalue weighted by atomic mass is 10.0. The lowest BCUT2D eigenvalue weighted by molar-refractivity contribution is -0.141. The molecular weight excluding hydrogens is 793 g/mol. The van der Waals surface area contributed by atoms with Crippen LogP contribution in [-0.4, -0.2) is 100 Å². The van der Waals surface area contributed by atoms with Crippen LogP contribution < -0.4 is 29.6 Å². The molecule has 4 amide bonds. The Morgan fingerprint density at radius 1 is 1.07 bits per heavy atom. The number of carbonyl (C=O) groups excluding carboxylic acids is 4. The molecule has 0 bridgehead atoms. The minimum Gasteiger partial charge on any atom is -0.496 e. The molecule has 2 aliphatic heterocycles. The predicted molar refractivity (Wildman–Crippen MR) is 209 cm³/mol. The molecule has 2 saturated carbocycles. The molecule has 1 unspecified atom stereocenters. The van der Waals surface area contributed by atoms with Gasteiger partial charge in [0.2, 0.25) is 27.7 Å². The van der Waals surface area contributed by atoms with E-state index in [2.05, 4.69) is 20.5 Å². The number of rotatable bonds is 11. The number of aryl methyl sites for hydroxylation is 1. The van der Waals surface area contributed by atoms with Gasteiger partial charge in [0.1, 0.15) is 40.9 Å². The van der Waals surface area contributed by atoms with Gasteiger partial charge < -0.3 is 29.7 Å². The number of ether oxygens (including phenoxy) is 3. The molecular formula is C40H49F2N7O9S. The summed E-state index contributed by atoms with van der Waals surface area (Å²) >= 11 is 0. The van der Waals surface area contributed by atoms with E-state index >= 15 is 0 Å². The highest BCUT2D eigenvalue weighted by atomic mass is 32.2. The van der Waals surface area contributed by atoms with Gasteiger partial charge in [0, 0.05) is 35.6 Å². The van der Waals surface area contributed by atoms with Crippen molar-refractivity contribution in [3.8, 4) is 17.4 Å². The molecule has 5 atom stereocenters. The van der Waals surface area contributed by atoms with Crippen LogP contribution in [0.25, 0.3) is 10.9 Å². The summed E-state index contributed by atoms with van der Waals surface area (Å²) in [5, 5.41) is 9.10. The maximum Gasteiger partial charge on any atom is 0.333 e. The van der Waals surface area contributed by atoms with Gasteiger partial charge in [0.25, 0.3) is 11.8 Å². The number of fused-ring (bicyclic) bond motifs is 3. The Morgan fingerprint density at radius 2 is 1.85 bits per heavy atom. The fraction of sp³-hybridized carbons (Fsp3) is 0.550. The molecule has 3 aromatic rings. The Morgan fingerprint density at radius 3 is 2.54 bits per heavy atom. The summed E-state index contributed by atoms with van der Waals surface area (Å²) in [6.07, 6.45) is 7.25. The van der Waals surface area contributed by atoms with Gasteiger partial charge in [-0.1, -0.05) is 25.0 Å². The first-order valence-corrected chi connectivity index (χ1v) is 21.5. The second-order valence-electron chi connectivity index (χ2n) is 15.9. The van der Waals surface area contributed by atoms with Crippen molar-refractivity contribution in [1.29, 1.82) is 0 Å². The summed E-state index contributed by atoms with van der Waals surface area (Å²) in [5.41, 5.74) is -0.615. The second-order valence-corrected chi connectivity index (χ2v) is 17.9. The number of alkyl halides is 2. The first-order chi connectivity index (χ1) is 28.1. The Bertz CT molecular complexity index is 2260. The standard InChI is InChI=1S/C40H49F2N7O9S/c1-22(2)57-33-19-32(27-14-15-31(56-4)23(3)34(27)44-33)58-25-18-30-36(51)45-40(38(53)47-59(54,55)26-12-13-26)20-24(40)10-8-6-5-7-9-11-29(37(52)48(30)21-25)43-35(50)28-16-17-49(46-28)39(41)42/h8,10,14-17,19,22,24-26,29-30,39H,5-7,9,11-13,18,20-21H2,1-4H3,(H,43,50)(H,45,51)(H,47,53)/b10-8-/t24?,25-,29+,30+,40-/m1/s1. The SMILES string of the molecule is COc1ccc2c(O[C@@H]3C[C@H]4C(=O)N[C@]5(C(=O)NS(=O)(=O)C6CC6)CC5/C=C\CCCCC[C@H](NC(=O)c5ccn(C(F)F)n5)C(=O)N4C3)cc(OC(C)C)nc2c1C. The van der Waals surface area contributed by atoms with E-state index in [1.807, 2.05) is 32.9 Å². The van der Waals surface area contributed by atoms with Crippen LogP contribution in [0, 0.1) is 12.8 Å². The molecule has 0 spiro atoms. The van der Waals surface area contributed by atoms with Crippen molar-refractivity contribution >= 4 is 44.6 Å². The number of nitrogens with one attached hydrogen (secondary N) is 3. The number of hydrogen-bond acceptors (Lipinski definition) is 11. The number of carbonyl (C=O) groups is 4. The summed E-state index contributed by atoms with van der Waals surface area (Å²) in [6, 6.07) is 3.90. The first-order valence-electron chi connectivity index (χ1n) is 19.9. The van der Waals surface area contributed by atoms with Gasteiger partial charge >= 0.3 is 6.55 Å². The first kappa shape index (κ1) is 41.8. The van der Waals surface area contributed by atoms with Crippen LogP contribution in [0.2, 0.25) is 0 Å². The van der Waals surface area contributed by atoms with Crippen LogP contribution in [0.1, 0.15) is 94.2 Å². The number of nitrogens with zero attached hydrogens (tertiary/aromatic N) is 4. The predicted octanol–water partition coefficient (Wildman–Crippen LogP) is 4.08. The summed E-state index contributed by atoms with van der Waals surface area (Å²) in [4.78, 5) is 62.4. The third-order valence-corrected chi connectivity index (χ3v) is 13.0. The lowest BCUT2D eigenvalue weighted by Crippen LogP contribution is -2.58. The zero-order chi connectivity index (χ0) is 42.2. The number of allylic oxidation sites excluding steroid dienone is 1. The van der Waals surface area contributed by atoms with Gasteiger partial charge in [0.05, 0.1) is 30.5 Å². The summed E-state index contributed by atoms with van der Waals surface area (Å²) in [7, 11) is -2.40. The normalized spacial score (nSPS) is 25.7. The van der Waals surface area contributed by atoms with Gasteiger partial charge in [-0.25, -0.2) is 18.1 Å². The molecule has 1 saturated heterocycles. The zero-order valence-electron chi connectivity index (χ0n) is 33.3. The number of sulfonamides is 1. The fourth-order valence-corrected chi connectivity index (χ4v) is 9.17. The second kappa shape index (κ2) is 16.7. The highest BCUT2D eigenvalue weighted by molar-refractivity contribution is 7.91. The smallest absolute Gasteiger partial charge is 0.333 e.